The number of carbonyl (C=O) groups excluding carboxylic acids is 2. The molecule has 4 aliphatic rings. The highest BCUT2D eigenvalue weighted by Gasteiger charge is 2.62. The third kappa shape index (κ3) is 2.50. The summed E-state index contributed by atoms with van der Waals surface area (Å²) in [6.45, 7) is 6.05. The van der Waals surface area contributed by atoms with E-state index in [2.05, 4.69) is 13.8 Å². The molecule has 0 aromatic carbocycles. The van der Waals surface area contributed by atoms with E-state index in [1.54, 1.807) is 0 Å². The Morgan fingerprint density at radius 2 is 1.84 bits per heavy atom. The zero-order valence-electron chi connectivity index (χ0n) is 15.8. The van der Waals surface area contributed by atoms with E-state index < -0.39 is 0 Å². The van der Waals surface area contributed by atoms with E-state index in [-0.39, 0.29) is 34.9 Å². The molecular formula is C21H32O4. The predicted molar refractivity (Wildman–Crippen MR) is 93.7 cm³/mol. The van der Waals surface area contributed by atoms with E-state index in [4.69, 9.17) is 4.74 Å². The van der Waals surface area contributed by atoms with Crippen molar-refractivity contribution in [2.24, 2.45) is 34.5 Å². The van der Waals surface area contributed by atoms with Crippen LogP contribution in [0, 0.1) is 34.5 Å². The van der Waals surface area contributed by atoms with Gasteiger partial charge in [0.2, 0.25) is 0 Å². The molecule has 4 saturated carbocycles. The van der Waals surface area contributed by atoms with E-state index in [0.717, 1.165) is 51.4 Å². The summed E-state index contributed by atoms with van der Waals surface area (Å²) in [5, 5.41) is 10.3. The minimum atomic E-state index is -0.269. The molecule has 0 bridgehead atoms. The van der Waals surface area contributed by atoms with Crippen molar-refractivity contribution >= 4 is 11.8 Å². The SMILES string of the molecule is CC(=O)O[C@H]1C[C@@H]2[C@H](CC[C@]3(C)C(=O)CC[C@@H]23)[C@@]2(C)CC[C@@H](O)C[C@H]12. The van der Waals surface area contributed by atoms with Crippen LogP contribution in [0.3, 0.4) is 0 Å². The maximum absolute atomic E-state index is 12.6. The molecule has 4 aliphatic carbocycles. The molecule has 0 saturated heterocycles. The summed E-state index contributed by atoms with van der Waals surface area (Å²) in [7, 11) is 0. The van der Waals surface area contributed by atoms with Crippen molar-refractivity contribution in [3.8, 4) is 0 Å². The molecule has 1 N–H and O–H groups in total. The number of esters is 1. The summed E-state index contributed by atoms with van der Waals surface area (Å²) in [6, 6.07) is 0. The van der Waals surface area contributed by atoms with E-state index >= 15 is 0 Å². The van der Waals surface area contributed by atoms with Gasteiger partial charge in [-0.15, -0.1) is 0 Å². The Labute approximate surface area is 150 Å². The highest BCUT2D eigenvalue weighted by molar-refractivity contribution is 5.87. The number of hydrogen-bond donors (Lipinski definition) is 1. The van der Waals surface area contributed by atoms with Crippen LogP contribution in [0.5, 0.6) is 0 Å². The van der Waals surface area contributed by atoms with Crippen LogP contribution in [0.1, 0.15) is 72.1 Å². The zero-order chi connectivity index (χ0) is 18.0. The molecule has 0 aromatic rings. The Morgan fingerprint density at radius 1 is 1.08 bits per heavy atom. The van der Waals surface area contributed by atoms with Crippen LogP contribution in [0.15, 0.2) is 0 Å². The van der Waals surface area contributed by atoms with Crippen LogP contribution >= 0.6 is 0 Å². The van der Waals surface area contributed by atoms with Crippen molar-refractivity contribution in [2.45, 2.75) is 84.3 Å². The Balaban J connectivity index is 1.69. The third-order valence-corrected chi connectivity index (χ3v) is 8.65. The monoisotopic (exact) mass is 348 g/mol. The third-order valence-electron chi connectivity index (χ3n) is 8.65. The van der Waals surface area contributed by atoms with Gasteiger partial charge in [-0.3, -0.25) is 9.59 Å². The first kappa shape index (κ1) is 17.5. The van der Waals surface area contributed by atoms with Gasteiger partial charge in [-0.25, -0.2) is 0 Å². The Bertz CT molecular complexity index is 586. The first-order valence-corrected chi connectivity index (χ1v) is 10.1. The maximum Gasteiger partial charge on any atom is 0.302 e. The Kier molecular flexibility index (Phi) is 4.06. The van der Waals surface area contributed by atoms with Gasteiger partial charge in [0.1, 0.15) is 11.9 Å². The second-order valence-corrected chi connectivity index (χ2v) is 9.72. The number of ether oxygens (including phenoxy) is 1. The average molecular weight is 348 g/mol. The number of carbonyl (C=O) groups is 2. The second-order valence-electron chi connectivity index (χ2n) is 9.72. The molecule has 4 nitrogen and oxygen atoms in total. The molecule has 0 aromatic heterocycles. The Morgan fingerprint density at radius 3 is 2.56 bits per heavy atom. The van der Waals surface area contributed by atoms with Gasteiger partial charge in [-0.1, -0.05) is 13.8 Å². The topological polar surface area (TPSA) is 63.6 Å². The van der Waals surface area contributed by atoms with Gasteiger partial charge in [-0.05, 0) is 68.1 Å². The molecule has 0 unspecified atom stereocenters. The van der Waals surface area contributed by atoms with Gasteiger partial charge in [0.05, 0.1) is 6.10 Å². The first-order chi connectivity index (χ1) is 11.8. The normalized spacial score (nSPS) is 52.1. The van der Waals surface area contributed by atoms with Gasteiger partial charge >= 0.3 is 5.97 Å². The van der Waals surface area contributed by atoms with Crippen molar-refractivity contribution in [3.63, 3.8) is 0 Å². The van der Waals surface area contributed by atoms with Gasteiger partial charge in [0.15, 0.2) is 0 Å². The second kappa shape index (κ2) is 5.80. The van der Waals surface area contributed by atoms with Gasteiger partial charge in [-0.2, -0.15) is 0 Å². The summed E-state index contributed by atoms with van der Waals surface area (Å²) < 4.78 is 5.80. The van der Waals surface area contributed by atoms with Crippen LogP contribution < -0.4 is 0 Å². The standard InChI is InChI=1S/C21H32O4/c1-12(22)25-18-11-14-15-4-5-19(24)21(15,3)9-7-16(14)20(2)8-6-13(23)10-17(18)20/h13-18,23H,4-11H2,1-3H3/t13-,14+,15+,16+,17-,18+,20-,21+/m1/s1. The number of hydrogen-bond acceptors (Lipinski definition) is 4. The molecule has 0 spiro atoms. The zero-order valence-corrected chi connectivity index (χ0v) is 15.8. The lowest BCUT2D eigenvalue weighted by molar-refractivity contribution is -0.190. The van der Waals surface area contributed by atoms with Crippen molar-refractivity contribution in [1.82, 2.24) is 0 Å². The largest absolute Gasteiger partial charge is 0.462 e. The summed E-state index contributed by atoms with van der Waals surface area (Å²) in [5.74, 6) is 2.01. The van der Waals surface area contributed by atoms with E-state index in [1.807, 2.05) is 0 Å². The van der Waals surface area contributed by atoms with E-state index in [0.29, 0.717) is 23.5 Å². The van der Waals surface area contributed by atoms with Gasteiger partial charge in [0, 0.05) is 24.7 Å². The summed E-state index contributed by atoms with van der Waals surface area (Å²) in [4.78, 5) is 24.3. The Hall–Kier alpha value is -0.900. The van der Waals surface area contributed by atoms with Crippen LogP contribution in [0.25, 0.3) is 0 Å². The lowest BCUT2D eigenvalue weighted by atomic mass is 9.44. The van der Waals surface area contributed by atoms with Crippen LogP contribution in [-0.2, 0) is 14.3 Å². The number of ketones is 1. The number of rotatable bonds is 1. The fourth-order valence-electron chi connectivity index (χ4n) is 7.36. The maximum atomic E-state index is 12.6. The molecule has 4 heteroatoms. The number of fused-ring (bicyclic) bond motifs is 5. The summed E-state index contributed by atoms with van der Waals surface area (Å²) in [6.07, 6.45) is 6.97. The van der Waals surface area contributed by atoms with Crippen molar-refractivity contribution in [2.75, 3.05) is 0 Å². The summed E-state index contributed by atoms with van der Waals surface area (Å²) >= 11 is 0. The van der Waals surface area contributed by atoms with Crippen LogP contribution in [-0.4, -0.2) is 29.1 Å². The quantitative estimate of drug-likeness (QED) is 0.737. The van der Waals surface area contributed by atoms with Gasteiger partial charge < -0.3 is 9.84 Å². The molecule has 0 amide bonds. The van der Waals surface area contributed by atoms with Crippen molar-refractivity contribution in [1.29, 1.82) is 0 Å². The molecule has 4 fully saturated rings. The molecule has 0 radical (unpaired) electrons. The smallest absolute Gasteiger partial charge is 0.302 e. The molecule has 8 atom stereocenters. The highest BCUT2D eigenvalue weighted by atomic mass is 16.5. The minimum absolute atomic E-state index is 0.100. The van der Waals surface area contributed by atoms with Gasteiger partial charge in [0.25, 0.3) is 0 Å². The van der Waals surface area contributed by atoms with Crippen LogP contribution in [0.2, 0.25) is 0 Å². The molecule has 140 valence electrons. The van der Waals surface area contributed by atoms with E-state index in [9.17, 15) is 14.7 Å². The molecule has 25 heavy (non-hydrogen) atoms. The lowest BCUT2D eigenvalue weighted by Crippen LogP contribution is -2.59. The van der Waals surface area contributed by atoms with Crippen molar-refractivity contribution < 1.29 is 19.4 Å². The van der Waals surface area contributed by atoms with Crippen molar-refractivity contribution in [3.05, 3.63) is 0 Å². The average Bonchev–Trinajstić information content (AvgIpc) is 2.84. The molecular weight excluding hydrogens is 316 g/mol. The minimum Gasteiger partial charge on any atom is -0.462 e. The fourth-order valence-corrected chi connectivity index (χ4v) is 7.36. The lowest BCUT2D eigenvalue weighted by Gasteiger charge is -2.61. The summed E-state index contributed by atoms with van der Waals surface area (Å²) in [5.41, 5.74) is -0.0332. The molecule has 0 aliphatic heterocycles. The molecule has 0 heterocycles. The predicted octanol–water partition coefficient (Wildman–Crippen LogP) is 3.50. The fraction of sp³-hybridized carbons (Fsp3) is 0.905. The van der Waals surface area contributed by atoms with Crippen LogP contribution in [0.4, 0.5) is 0 Å². The number of aliphatic hydroxyl groups excluding tert-OH is 1. The number of aliphatic hydroxyl groups is 1. The molecule has 4 rings (SSSR count). The highest BCUT2D eigenvalue weighted by Crippen LogP contribution is 2.65. The first-order valence-electron chi connectivity index (χ1n) is 10.1. The van der Waals surface area contributed by atoms with E-state index in [1.165, 1.54) is 6.92 Å². The number of Topliss-reactive ketones (excluding diaryl/α,β-unsaturated/α-hetero) is 1.